The number of hydrogen-bond donors (Lipinski definition) is 1. The predicted octanol–water partition coefficient (Wildman–Crippen LogP) is 3.88. The summed E-state index contributed by atoms with van der Waals surface area (Å²) >= 11 is 12.2. The Hall–Kier alpha value is -1.32. The van der Waals surface area contributed by atoms with Crippen molar-refractivity contribution in [2.45, 2.75) is 6.92 Å². The first kappa shape index (κ1) is 12.1. The van der Waals surface area contributed by atoms with Gasteiger partial charge in [0.2, 0.25) is 0 Å². The van der Waals surface area contributed by atoms with Gasteiger partial charge in [-0.2, -0.15) is 0 Å². The number of hydrogen-bond acceptors (Lipinski definition) is 3. The van der Waals surface area contributed by atoms with E-state index in [1.807, 2.05) is 25.1 Å². The van der Waals surface area contributed by atoms with E-state index < -0.39 is 0 Å². The zero-order chi connectivity index (χ0) is 12.3. The summed E-state index contributed by atoms with van der Waals surface area (Å²) < 4.78 is 0. The van der Waals surface area contributed by atoms with Gasteiger partial charge < -0.3 is 5.32 Å². The highest BCUT2D eigenvalue weighted by atomic mass is 35.5. The van der Waals surface area contributed by atoms with Crippen LogP contribution in [0.25, 0.3) is 11.4 Å². The molecule has 88 valence electrons. The van der Waals surface area contributed by atoms with Crippen molar-refractivity contribution in [3.63, 3.8) is 0 Å². The third kappa shape index (κ3) is 2.68. The van der Waals surface area contributed by atoms with Gasteiger partial charge in [-0.25, -0.2) is 4.98 Å². The average Bonchev–Trinajstić information content (AvgIpc) is 2.34. The van der Waals surface area contributed by atoms with Gasteiger partial charge >= 0.3 is 0 Å². The maximum absolute atomic E-state index is 6.12. The van der Waals surface area contributed by atoms with Crippen LogP contribution in [-0.4, -0.2) is 16.5 Å². The van der Waals surface area contributed by atoms with Crippen molar-refractivity contribution < 1.29 is 0 Å². The van der Waals surface area contributed by atoms with Gasteiger partial charge in [0.15, 0.2) is 0 Å². The molecule has 2 heterocycles. The van der Waals surface area contributed by atoms with E-state index in [2.05, 4.69) is 15.3 Å². The first-order chi connectivity index (χ1) is 8.22. The Morgan fingerprint density at radius 1 is 1.24 bits per heavy atom. The van der Waals surface area contributed by atoms with E-state index in [0.29, 0.717) is 21.6 Å². The molecule has 2 rings (SSSR count). The molecule has 3 nitrogen and oxygen atoms in total. The fourth-order valence-corrected chi connectivity index (χ4v) is 1.96. The Bertz CT molecular complexity index is 515. The summed E-state index contributed by atoms with van der Waals surface area (Å²) in [5.41, 5.74) is 1.36. The SMILES string of the molecule is CCNc1nc(-c2ccccn2)c(Cl)cc1Cl. The monoisotopic (exact) mass is 267 g/mol. The average molecular weight is 268 g/mol. The van der Waals surface area contributed by atoms with Gasteiger partial charge in [0, 0.05) is 12.7 Å². The summed E-state index contributed by atoms with van der Waals surface area (Å²) in [6.07, 6.45) is 1.70. The normalized spacial score (nSPS) is 10.3. The number of nitrogens with zero attached hydrogens (tertiary/aromatic N) is 2. The molecule has 0 fully saturated rings. The van der Waals surface area contributed by atoms with Gasteiger partial charge in [0.25, 0.3) is 0 Å². The van der Waals surface area contributed by atoms with Crippen molar-refractivity contribution in [1.82, 2.24) is 9.97 Å². The third-order valence-corrected chi connectivity index (χ3v) is 2.76. The molecule has 17 heavy (non-hydrogen) atoms. The quantitative estimate of drug-likeness (QED) is 0.917. The summed E-state index contributed by atoms with van der Waals surface area (Å²) in [6, 6.07) is 7.27. The highest BCUT2D eigenvalue weighted by Crippen LogP contribution is 2.31. The first-order valence-electron chi connectivity index (χ1n) is 5.23. The second kappa shape index (κ2) is 5.34. The highest BCUT2D eigenvalue weighted by Gasteiger charge is 2.11. The number of pyridine rings is 2. The van der Waals surface area contributed by atoms with Crippen LogP contribution >= 0.6 is 23.2 Å². The van der Waals surface area contributed by atoms with Crippen molar-refractivity contribution in [2.24, 2.45) is 0 Å². The molecule has 5 heteroatoms. The van der Waals surface area contributed by atoms with Gasteiger partial charge in [-0.05, 0) is 25.1 Å². The smallest absolute Gasteiger partial charge is 0.145 e. The van der Waals surface area contributed by atoms with Crippen LogP contribution < -0.4 is 5.32 Å². The van der Waals surface area contributed by atoms with Crippen molar-refractivity contribution >= 4 is 29.0 Å². The number of nitrogens with one attached hydrogen (secondary N) is 1. The van der Waals surface area contributed by atoms with Crippen molar-refractivity contribution in [3.8, 4) is 11.4 Å². The van der Waals surface area contributed by atoms with Crippen LogP contribution in [-0.2, 0) is 0 Å². The number of rotatable bonds is 3. The van der Waals surface area contributed by atoms with E-state index in [4.69, 9.17) is 23.2 Å². The molecule has 0 radical (unpaired) electrons. The van der Waals surface area contributed by atoms with E-state index in [1.54, 1.807) is 12.3 Å². The fraction of sp³-hybridized carbons (Fsp3) is 0.167. The van der Waals surface area contributed by atoms with Crippen LogP contribution in [0.15, 0.2) is 30.5 Å². The van der Waals surface area contributed by atoms with Crippen molar-refractivity contribution in [1.29, 1.82) is 0 Å². The lowest BCUT2D eigenvalue weighted by molar-refractivity contribution is 1.15. The molecule has 0 aromatic carbocycles. The minimum Gasteiger partial charge on any atom is -0.369 e. The molecule has 0 spiro atoms. The van der Waals surface area contributed by atoms with Crippen LogP contribution in [0.1, 0.15) is 6.92 Å². The molecule has 2 aromatic rings. The molecule has 0 saturated heterocycles. The van der Waals surface area contributed by atoms with Crippen LogP contribution in [0.3, 0.4) is 0 Å². The second-order valence-corrected chi connectivity index (χ2v) is 4.21. The van der Waals surface area contributed by atoms with E-state index in [1.165, 1.54) is 0 Å². The molecular weight excluding hydrogens is 257 g/mol. The first-order valence-corrected chi connectivity index (χ1v) is 5.99. The third-order valence-electron chi connectivity index (χ3n) is 2.18. The van der Waals surface area contributed by atoms with Gasteiger partial charge in [0.05, 0.1) is 15.7 Å². The Morgan fingerprint density at radius 2 is 2.06 bits per heavy atom. The number of halogens is 2. The zero-order valence-corrected chi connectivity index (χ0v) is 10.8. The number of aromatic nitrogens is 2. The van der Waals surface area contributed by atoms with Gasteiger partial charge in [-0.3, -0.25) is 4.98 Å². The zero-order valence-electron chi connectivity index (χ0n) is 9.24. The van der Waals surface area contributed by atoms with E-state index in [0.717, 1.165) is 12.2 Å². The number of anilines is 1. The minimum absolute atomic E-state index is 0.496. The van der Waals surface area contributed by atoms with Gasteiger partial charge in [-0.15, -0.1) is 0 Å². The van der Waals surface area contributed by atoms with Crippen LogP contribution in [0.2, 0.25) is 10.0 Å². The molecule has 0 bridgehead atoms. The van der Waals surface area contributed by atoms with Crippen LogP contribution in [0.5, 0.6) is 0 Å². The molecular formula is C12H11Cl2N3. The van der Waals surface area contributed by atoms with Gasteiger partial charge in [0.1, 0.15) is 11.5 Å². The summed E-state index contributed by atoms with van der Waals surface area (Å²) in [6.45, 7) is 2.73. The topological polar surface area (TPSA) is 37.8 Å². The maximum atomic E-state index is 6.12. The molecule has 0 amide bonds. The lowest BCUT2D eigenvalue weighted by atomic mass is 10.2. The fourth-order valence-electron chi connectivity index (χ4n) is 1.44. The van der Waals surface area contributed by atoms with E-state index in [-0.39, 0.29) is 0 Å². The van der Waals surface area contributed by atoms with Crippen LogP contribution in [0, 0.1) is 0 Å². The molecule has 0 aliphatic heterocycles. The van der Waals surface area contributed by atoms with E-state index in [9.17, 15) is 0 Å². The summed E-state index contributed by atoms with van der Waals surface area (Å²) in [7, 11) is 0. The Kier molecular flexibility index (Phi) is 3.82. The Morgan fingerprint density at radius 3 is 2.71 bits per heavy atom. The lowest BCUT2D eigenvalue weighted by Crippen LogP contribution is -2.01. The second-order valence-electron chi connectivity index (χ2n) is 3.39. The molecule has 0 aliphatic rings. The largest absolute Gasteiger partial charge is 0.369 e. The van der Waals surface area contributed by atoms with E-state index >= 15 is 0 Å². The Labute approximate surface area is 110 Å². The van der Waals surface area contributed by atoms with Crippen LogP contribution in [0.4, 0.5) is 5.82 Å². The molecule has 0 atom stereocenters. The Balaban J connectivity index is 2.51. The van der Waals surface area contributed by atoms with Gasteiger partial charge in [-0.1, -0.05) is 29.3 Å². The summed E-state index contributed by atoms with van der Waals surface area (Å²) in [5, 5.41) is 4.09. The van der Waals surface area contributed by atoms with Crippen molar-refractivity contribution in [2.75, 3.05) is 11.9 Å². The summed E-state index contributed by atoms with van der Waals surface area (Å²) in [4.78, 5) is 8.62. The molecule has 2 aromatic heterocycles. The lowest BCUT2D eigenvalue weighted by Gasteiger charge is -2.09. The molecule has 0 aliphatic carbocycles. The maximum Gasteiger partial charge on any atom is 0.145 e. The molecule has 0 saturated carbocycles. The molecule has 0 unspecified atom stereocenters. The highest BCUT2D eigenvalue weighted by molar-refractivity contribution is 6.37. The standard InChI is InChI=1S/C12H11Cl2N3/c1-2-15-12-9(14)7-8(13)11(17-12)10-5-3-4-6-16-10/h3-7H,2H2,1H3,(H,15,17). The van der Waals surface area contributed by atoms with Crippen molar-refractivity contribution in [3.05, 3.63) is 40.5 Å². The predicted molar refractivity (Wildman–Crippen MR) is 71.7 cm³/mol. The summed E-state index contributed by atoms with van der Waals surface area (Å²) in [5.74, 6) is 0.624. The minimum atomic E-state index is 0.496. The molecule has 1 N–H and O–H groups in total.